The summed E-state index contributed by atoms with van der Waals surface area (Å²) in [6.07, 6.45) is 10.0. The summed E-state index contributed by atoms with van der Waals surface area (Å²) in [6.45, 7) is 17.9. The van der Waals surface area contributed by atoms with Crippen LogP contribution in [0.25, 0.3) is 21.5 Å². The van der Waals surface area contributed by atoms with Gasteiger partial charge in [-0.15, -0.1) is 46.2 Å². The van der Waals surface area contributed by atoms with Crippen LogP contribution in [0.3, 0.4) is 0 Å². The van der Waals surface area contributed by atoms with Crippen molar-refractivity contribution in [3.8, 4) is 0 Å². The van der Waals surface area contributed by atoms with Crippen LogP contribution in [0.4, 0.5) is 0 Å². The third-order valence-corrected chi connectivity index (χ3v) is 9.71. The van der Waals surface area contributed by atoms with Crippen LogP contribution >= 0.6 is 0 Å². The first-order chi connectivity index (χ1) is 19.8. The molecule has 1 aliphatic carbocycles. The maximum absolute atomic E-state index is 2.99. The first-order valence-corrected chi connectivity index (χ1v) is 16.7. The van der Waals surface area contributed by atoms with Gasteiger partial charge in [-0.25, -0.2) is 12.2 Å². The average molecular weight is 786 g/mol. The number of aryl methyl sites for hydroxylation is 2. The van der Waals surface area contributed by atoms with Crippen molar-refractivity contribution in [1.82, 2.24) is 0 Å². The second kappa shape index (κ2) is 16.2. The van der Waals surface area contributed by atoms with E-state index in [1.165, 1.54) is 58.2 Å². The minimum atomic E-state index is 0. The number of fused-ring (bicyclic) bond motifs is 3. The molecule has 1 aliphatic rings. The largest absolute Gasteiger partial charge is 1.00 e. The van der Waals surface area contributed by atoms with Crippen LogP contribution in [-0.4, -0.2) is 3.26 Å². The molecule has 44 heavy (non-hydrogen) atoms. The first kappa shape index (κ1) is 37.7. The zero-order valence-corrected chi connectivity index (χ0v) is 32.5. The summed E-state index contributed by atoms with van der Waals surface area (Å²) in [7, 11) is 0. The molecular formula is C41H44Cl2Hf-2. The summed E-state index contributed by atoms with van der Waals surface area (Å²) in [6, 6.07) is 33.7. The van der Waals surface area contributed by atoms with E-state index in [0.29, 0.717) is 0 Å². The van der Waals surface area contributed by atoms with E-state index in [-0.39, 0.29) is 35.6 Å². The van der Waals surface area contributed by atoms with Crippen molar-refractivity contribution in [3.05, 3.63) is 149 Å². The molecule has 0 radical (unpaired) electrons. The van der Waals surface area contributed by atoms with Crippen molar-refractivity contribution in [3.63, 3.8) is 0 Å². The molecule has 6 rings (SSSR count). The van der Waals surface area contributed by atoms with Crippen molar-refractivity contribution >= 4 is 24.8 Å². The Morgan fingerprint density at radius 1 is 0.659 bits per heavy atom. The Kier molecular flexibility index (Phi) is 13.9. The second-order valence-electron chi connectivity index (χ2n) is 13.4. The van der Waals surface area contributed by atoms with Gasteiger partial charge in [-0.3, -0.25) is 6.08 Å². The number of benzene rings is 4. The normalized spacial score (nSPS) is 12.0. The third-order valence-electron chi connectivity index (χ3n) is 7.64. The minimum absolute atomic E-state index is 0. The molecule has 228 valence electrons. The number of hydrogen-bond acceptors (Lipinski definition) is 0. The van der Waals surface area contributed by atoms with Crippen molar-refractivity contribution in [1.29, 1.82) is 0 Å². The number of halogens is 2. The standard InChI is InChI=1S/C21H25.C15H14.C5H5.2ClH.Hf/c1-20(2,3)16-7-9-18-14(12-16)11-15-13-17(21(4,5)6)8-10-19(15)18;1-12-5-3-7-14(9-12)11-15-8-4-6-13(2)10-15;1-2-4-5-3-1;;;/h7-13H,1-6H3;3-10H,1-2H3;1-3H,4H2;2*1H;/q-1;;-1;;;+2/p-2. The number of rotatable bonds is 2. The molecule has 0 amide bonds. The second-order valence-corrected chi connectivity index (χ2v) is 15.2. The zero-order valence-electron chi connectivity index (χ0n) is 27.4. The topological polar surface area (TPSA) is 0 Å². The minimum Gasteiger partial charge on any atom is -1.00 e. The van der Waals surface area contributed by atoms with E-state index in [4.69, 9.17) is 0 Å². The van der Waals surface area contributed by atoms with Crippen LogP contribution in [0, 0.1) is 19.9 Å². The molecule has 3 heteroatoms. The molecule has 0 N–H and O–H groups in total. The first-order valence-electron chi connectivity index (χ1n) is 14.9. The van der Waals surface area contributed by atoms with Crippen molar-refractivity contribution in [2.45, 2.75) is 72.6 Å². The Morgan fingerprint density at radius 2 is 1.11 bits per heavy atom. The smallest absolute Gasteiger partial charge is 0.109 e. The molecule has 0 spiro atoms. The van der Waals surface area contributed by atoms with Crippen molar-refractivity contribution < 1.29 is 48.7 Å². The van der Waals surface area contributed by atoms with Gasteiger partial charge in [0.15, 0.2) is 0 Å². The van der Waals surface area contributed by atoms with Gasteiger partial charge in [0.2, 0.25) is 0 Å². The Bertz CT molecular complexity index is 1630. The summed E-state index contributed by atoms with van der Waals surface area (Å²) < 4.78 is 1.48. The van der Waals surface area contributed by atoms with Gasteiger partial charge < -0.3 is 24.8 Å². The van der Waals surface area contributed by atoms with Crippen LogP contribution in [0.5, 0.6) is 0 Å². The molecule has 0 saturated carbocycles. The van der Waals surface area contributed by atoms with Crippen LogP contribution in [-0.2, 0) is 34.7 Å². The van der Waals surface area contributed by atoms with Crippen molar-refractivity contribution in [2.24, 2.45) is 0 Å². The summed E-state index contributed by atoms with van der Waals surface area (Å²) in [5.74, 6) is 0. The van der Waals surface area contributed by atoms with E-state index in [1.54, 1.807) is 0 Å². The molecule has 0 fully saturated rings. The quantitative estimate of drug-likeness (QED) is 0.174. The van der Waals surface area contributed by atoms with Gasteiger partial charge in [0.1, 0.15) is 0 Å². The van der Waals surface area contributed by atoms with Gasteiger partial charge in [-0.1, -0.05) is 76.9 Å². The van der Waals surface area contributed by atoms with Crippen LogP contribution < -0.4 is 24.8 Å². The molecule has 0 unspecified atom stereocenters. The summed E-state index contributed by atoms with van der Waals surface area (Å²) >= 11 is 1.08. The maximum Gasteiger partial charge on any atom is -0.109 e. The molecular weight excluding hydrogens is 742 g/mol. The molecule has 0 nitrogen and oxygen atoms in total. The van der Waals surface area contributed by atoms with E-state index in [9.17, 15) is 0 Å². The van der Waals surface area contributed by atoms with E-state index in [0.717, 1.165) is 30.3 Å². The van der Waals surface area contributed by atoms with E-state index >= 15 is 0 Å². The van der Waals surface area contributed by atoms with E-state index < -0.39 is 0 Å². The van der Waals surface area contributed by atoms with E-state index in [2.05, 4.69) is 159 Å². The predicted octanol–water partition coefficient (Wildman–Crippen LogP) is 5.04. The number of hydrogen-bond donors (Lipinski definition) is 0. The van der Waals surface area contributed by atoms with Crippen molar-refractivity contribution in [2.75, 3.05) is 0 Å². The molecule has 0 bridgehead atoms. The summed E-state index contributed by atoms with van der Waals surface area (Å²) in [5, 5.41) is 5.48. The van der Waals surface area contributed by atoms with Crippen LogP contribution in [0.1, 0.15) is 81.3 Å². The Hall–Kier alpha value is -2.45. The van der Waals surface area contributed by atoms with E-state index in [1.807, 2.05) is 12.2 Å². The average Bonchev–Trinajstić information content (AvgIpc) is 3.63. The van der Waals surface area contributed by atoms with Gasteiger partial charge in [-0.2, -0.15) is 6.08 Å². The summed E-state index contributed by atoms with van der Waals surface area (Å²) in [5.41, 5.74) is 8.62. The fraction of sp³-hybridized carbons (Fsp3) is 0.268. The fourth-order valence-electron chi connectivity index (χ4n) is 5.06. The van der Waals surface area contributed by atoms with Crippen LogP contribution in [0.2, 0.25) is 0 Å². The Morgan fingerprint density at radius 3 is 1.43 bits per heavy atom. The third kappa shape index (κ3) is 10.0. The predicted molar refractivity (Wildman–Crippen MR) is 182 cm³/mol. The van der Waals surface area contributed by atoms with Gasteiger partial charge in [-0.05, 0) is 10.8 Å². The number of allylic oxidation sites excluding steroid dienone is 4. The van der Waals surface area contributed by atoms with Crippen LogP contribution in [0.15, 0.2) is 109 Å². The molecule has 5 aromatic rings. The van der Waals surface area contributed by atoms with Gasteiger partial charge in [0, 0.05) is 0 Å². The monoisotopic (exact) mass is 786 g/mol. The molecule has 0 aliphatic heterocycles. The molecule has 0 atom stereocenters. The molecule has 0 heterocycles. The summed E-state index contributed by atoms with van der Waals surface area (Å²) in [4.78, 5) is 0. The molecule has 0 aromatic heterocycles. The Labute approximate surface area is 292 Å². The Balaban J connectivity index is 0.000000260. The molecule has 5 aromatic carbocycles. The fourth-order valence-corrected chi connectivity index (χ4v) is 6.18. The van der Waals surface area contributed by atoms with Gasteiger partial charge in [0.05, 0.1) is 0 Å². The zero-order chi connectivity index (χ0) is 30.5. The van der Waals surface area contributed by atoms with Gasteiger partial charge in [0.25, 0.3) is 0 Å². The molecule has 0 saturated heterocycles. The van der Waals surface area contributed by atoms with Gasteiger partial charge >= 0.3 is 112 Å². The maximum atomic E-state index is 2.99. The SMILES string of the molecule is CC(C)(C)c1ccc2c(c1)[cH-]c1cc(C(C)(C)C)ccc12.Cc1cccc([C](=[Hf+2])c2cccc(C)c2)c1.[C-]1=CC=CC1.[Cl-].[Cl-].